The second-order valence-corrected chi connectivity index (χ2v) is 6.19. The molecule has 0 bridgehead atoms. The minimum absolute atomic E-state index is 0.224. The van der Waals surface area contributed by atoms with Crippen molar-refractivity contribution in [2.24, 2.45) is 0 Å². The van der Waals surface area contributed by atoms with E-state index in [1.165, 1.54) is 6.07 Å². The van der Waals surface area contributed by atoms with Crippen LogP contribution in [0.3, 0.4) is 0 Å². The van der Waals surface area contributed by atoms with Gasteiger partial charge < -0.3 is 0 Å². The molecule has 0 saturated heterocycles. The molecule has 0 fully saturated rings. The summed E-state index contributed by atoms with van der Waals surface area (Å²) < 4.78 is 14.4. The third-order valence-electron chi connectivity index (χ3n) is 4.27. The second kappa shape index (κ2) is 6.14. The van der Waals surface area contributed by atoms with E-state index in [9.17, 15) is 4.39 Å². The van der Waals surface area contributed by atoms with Gasteiger partial charge in [-0.15, -0.1) is 12.6 Å². The van der Waals surface area contributed by atoms with Crippen LogP contribution in [0.5, 0.6) is 0 Å². The molecule has 0 aliphatic heterocycles. The Labute approximate surface area is 146 Å². The van der Waals surface area contributed by atoms with Crippen LogP contribution in [-0.2, 0) is 0 Å². The molecule has 0 aliphatic carbocycles. The van der Waals surface area contributed by atoms with Gasteiger partial charge in [-0.3, -0.25) is 0 Å². The van der Waals surface area contributed by atoms with Crippen molar-refractivity contribution >= 4 is 23.4 Å². The Kier molecular flexibility index (Phi) is 3.83. The first-order valence-electron chi connectivity index (χ1n) is 7.81. The maximum absolute atomic E-state index is 14.4. The normalized spacial score (nSPS) is 10.9. The molecule has 4 rings (SSSR count). The van der Waals surface area contributed by atoms with Gasteiger partial charge in [-0.1, -0.05) is 72.8 Å². The molecule has 0 atom stereocenters. The zero-order valence-corrected chi connectivity index (χ0v) is 13.8. The van der Waals surface area contributed by atoms with Crippen molar-refractivity contribution in [1.82, 2.24) is 0 Å². The molecule has 2 heteroatoms. The summed E-state index contributed by atoms with van der Waals surface area (Å²) >= 11 is 4.67. The number of hydrogen-bond donors (Lipinski definition) is 1. The van der Waals surface area contributed by atoms with Crippen molar-refractivity contribution < 1.29 is 4.39 Å². The molecule has 4 aromatic rings. The van der Waals surface area contributed by atoms with Gasteiger partial charge >= 0.3 is 0 Å². The molecule has 0 aromatic heterocycles. The van der Waals surface area contributed by atoms with Crippen molar-refractivity contribution in [3.8, 4) is 22.3 Å². The van der Waals surface area contributed by atoms with E-state index in [0.29, 0.717) is 5.56 Å². The predicted molar refractivity (Wildman–Crippen MR) is 102 cm³/mol. The number of fused-ring (bicyclic) bond motifs is 1. The number of rotatable bonds is 2. The molecule has 0 spiro atoms. The first kappa shape index (κ1) is 15.0. The van der Waals surface area contributed by atoms with E-state index in [-0.39, 0.29) is 5.82 Å². The molecule has 0 aliphatic rings. The second-order valence-electron chi connectivity index (χ2n) is 5.71. The minimum atomic E-state index is -0.224. The summed E-state index contributed by atoms with van der Waals surface area (Å²) in [4.78, 5) is 0.840. The Bertz CT molecular complexity index is 1030. The van der Waals surface area contributed by atoms with Crippen LogP contribution in [0.1, 0.15) is 0 Å². The molecule has 116 valence electrons. The van der Waals surface area contributed by atoms with E-state index in [1.807, 2.05) is 48.5 Å². The van der Waals surface area contributed by atoms with Crippen molar-refractivity contribution in [3.63, 3.8) is 0 Å². The van der Waals surface area contributed by atoms with Crippen LogP contribution in [0.2, 0.25) is 0 Å². The largest absolute Gasteiger partial charge is 0.206 e. The highest BCUT2D eigenvalue weighted by molar-refractivity contribution is 7.80. The molecule has 0 amide bonds. The lowest BCUT2D eigenvalue weighted by Gasteiger charge is -2.15. The number of hydrogen-bond acceptors (Lipinski definition) is 1. The van der Waals surface area contributed by atoms with E-state index < -0.39 is 0 Å². The number of benzene rings is 4. The Morgan fingerprint density at radius 2 is 1.21 bits per heavy atom. The van der Waals surface area contributed by atoms with Crippen LogP contribution < -0.4 is 0 Å². The smallest absolute Gasteiger partial charge is 0.131 e. The van der Waals surface area contributed by atoms with Gasteiger partial charge in [0.05, 0.1) is 0 Å². The molecule has 0 heterocycles. The van der Waals surface area contributed by atoms with Gasteiger partial charge in [0, 0.05) is 16.0 Å². The van der Waals surface area contributed by atoms with Gasteiger partial charge in [-0.25, -0.2) is 4.39 Å². The fourth-order valence-electron chi connectivity index (χ4n) is 3.17. The Morgan fingerprint density at radius 3 is 2.08 bits per heavy atom. The standard InChI is InChI=1S/C22H15FS/c23-20-13-4-3-10-17(20)19-12-6-14-21(24)22(19)18-11-5-8-15-7-1-2-9-16(15)18/h1-14,24H. The van der Waals surface area contributed by atoms with E-state index in [4.69, 9.17) is 0 Å². The van der Waals surface area contributed by atoms with E-state index in [2.05, 4.69) is 36.9 Å². The summed E-state index contributed by atoms with van der Waals surface area (Å²) in [6, 6.07) is 27.1. The molecular formula is C22H15FS. The van der Waals surface area contributed by atoms with E-state index in [1.54, 1.807) is 6.07 Å². The van der Waals surface area contributed by atoms with Crippen molar-refractivity contribution in [3.05, 3.63) is 90.7 Å². The van der Waals surface area contributed by atoms with E-state index >= 15 is 0 Å². The predicted octanol–water partition coefficient (Wildman–Crippen LogP) is 6.60. The quantitative estimate of drug-likeness (QED) is 0.393. The average Bonchev–Trinajstić information content (AvgIpc) is 2.62. The third-order valence-corrected chi connectivity index (χ3v) is 4.64. The van der Waals surface area contributed by atoms with Crippen molar-refractivity contribution in [1.29, 1.82) is 0 Å². The van der Waals surface area contributed by atoms with E-state index in [0.717, 1.165) is 32.4 Å². The van der Waals surface area contributed by atoms with Crippen LogP contribution in [0, 0.1) is 5.82 Å². The molecule has 0 N–H and O–H groups in total. The van der Waals surface area contributed by atoms with Gasteiger partial charge in [0.2, 0.25) is 0 Å². The van der Waals surface area contributed by atoms with Crippen LogP contribution in [0.25, 0.3) is 33.0 Å². The fourth-order valence-corrected chi connectivity index (χ4v) is 3.50. The molecular weight excluding hydrogens is 315 g/mol. The lowest BCUT2D eigenvalue weighted by atomic mass is 9.91. The Balaban J connectivity index is 2.08. The zero-order valence-electron chi connectivity index (χ0n) is 12.9. The topological polar surface area (TPSA) is 0 Å². The highest BCUT2D eigenvalue weighted by atomic mass is 32.1. The first-order valence-corrected chi connectivity index (χ1v) is 8.25. The Morgan fingerprint density at radius 1 is 0.583 bits per heavy atom. The SMILES string of the molecule is Fc1ccccc1-c1cccc(S)c1-c1cccc2ccccc12. The summed E-state index contributed by atoms with van der Waals surface area (Å²) in [5, 5.41) is 2.30. The third kappa shape index (κ3) is 2.49. The highest BCUT2D eigenvalue weighted by Crippen LogP contribution is 2.40. The zero-order chi connectivity index (χ0) is 16.5. The summed E-state index contributed by atoms with van der Waals surface area (Å²) in [7, 11) is 0. The van der Waals surface area contributed by atoms with Gasteiger partial charge in [0.1, 0.15) is 5.82 Å². The molecule has 0 nitrogen and oxygen atoms in total. The van der Waals surface area contributed by atoms with Crippen LogP contribution in [0.15, 0.2) is 89.8 Å². The van der Waals surface area contributed by atoms with Gasteiger partial charge in [0.25, 0.3) is 0 Å². The van der Waals surface area contributed by atoms with Crippen LogP contribution >= 0.6 is 12.6 Å². The summed E-state index contributed by atoms with van der Waals surface area (Å²) in [6.45, 7) is 0. The van der Waals surface area contributed by atoms with Gasteiger partial charge in [0.15, 0.2) is 0 Å². The lowest BCUT2D eigenvalue weighted by molar-refractivity contribution is 0.631. The lowest BCUT2D eigenvalue weighted by Crippen LogP contribution is -1.91. The summed E-state index contributed by atoms with van der Waals surface area (Å²) in [6.07, 6.45) is 0. The monoisotopic (exact) mass is 330 g/mol. The van der Waals surface area contributed by atoms with Gasteiger partial charge in [-0.05, 0) is 34.0 Å². The highest BCUT2D eigenvalue weighted by Gasteiger charge is 2.15. The molecule has 0 unspecified atom stereocenters. The minimum Gasteiger partial charge on any atom is -0.206 e. The van der Waals surface area contributed by atoms with Gasteiger partial charge in [-0.2, -0.15) is 0 Å². The fraction of sp³-hybridized carbons (Fsp3) is 0. The van der Waals surface area contributed by atoms with Crippen molar-refractivity contribution in [2.45, 2.75) is 4.90 Å². The summed E-state index contributed by atoms with van der Waals surface area (Å²) in [5.41, 5.74) is 3.48. The van der Waals surface area contributed by atoms with Crippen molar-refractivity contribution in [2.75, 3.05) is 0 Å². The maximum Gasteiger partial charge on any atom is 0.131 e. The Hall–Kier alpha value is -2.58. The molecule has 0 radical (unpaired) electrons. The maximum atomic E-state index is 14.4. The average molecular weight is 330 g/mol. The summed E-state index contributed by atoms with van der Waals surface area (Å²) in [5.74, 6) is -0.224. The number of halogens is 1. The first-order chi connectivity index (χ1) is 11.8. The number of thiol groups is 1. The van der Waals surface area contributed by atoms with Crippen LogP contribution in [0.4, 0.5) is 4.39 Å². The molecule has 24 heavy (non-hydrogen) atoms. The molecule has 0 saturated carbocycles. The van der Waals surface area contributed by atoms with Crippen LogP contribution in [-0.4, -0.2) is 0 Å². The molecule has 4 aromatic carbocycles.